The maximum Gasteiger partial charge on any atom is 0.335 e. The van der Waals surface area contributed by atoms with E-state index in [1.165, 1.54) is 12.8 Å². The van der Waals surface area contributed by atoms with Crippen LogP contribution in [0.3, 0.4) is 0 Å². The summed E-state index contributed by atoms with van der Waals surface area (Å²) in [5.74, 6) is 1.42. The number of aromatic carboxylic acids is 1. The van der Waals surface area contributed by atoms with Gasteiger partial charge in [-0.1, -0.05) is 20.3 Å². The SMILES string of the molecule is CCC(C)Cn1c(C2CC2)nc2cc(C(=O)O)ccc21. The first kappa shape index (κ1) is 13.2. The molecule has 1 fully saturated rings. The molecule has 1 N–H and O–H groups in total. The maximum atomic E-state index is 11.1. The standard InChI is InChI=1S/C16H20N2O2/c1-3-10(2)9-18-14-7-6-12(16(19)20)8-13(14)17-15(18)11-4-5-11/h6-8,10-11H,3-5,9H2,1-2H3,(H,19,20). The van der Waals surface area contributed by atoms with Gasteiger partial charge in [0, 0.05) is 12.5 Å². The molecule has 3 rings (SSSR count). The van der Waals surface area contributed by atoms with Crippen LogP contribution in [0.2, 0.25) is 0 Å². The van der Waals surface area contributed by atoms with Crippen LogP contribution in [-0.4, -0.2) is 20.6 Å². The highest BCUT2D eigenvalue weighted by molar-refractivity contribution is 5.92. The Balaban J connectivity index is 2.09. The van der Waals surface area contributed by atoms with Gasteiger partial charge in [0.05, 0.1) is 16.6 Å². The minimum Gasteiger partial charge on any atom is -0.478 e. The molecule has 2 aromatic rings. The predicted molar refractivity (Wildman–Crippen MR) is 78.1 cm³/mol. The van der Waals surface area contributed by atoms with Gasteiger partial charge in [-0.15, -0.1) is 0 Å². The molecule has 0 aliphatic heterocycles. The zero-order valence-electron chi connectivity index (χ0n) is 12.0. The molecule has 20 heavy (non-hydrogen) atoms. The smallest absolute Gasteiger partial charge is 0.335 e. The summed E-state index contributed by atoms with van der Waals surface area (Å²) in [7, 11) is 0. The molecule has 0 radical (unpaired) electrons. The Morgan fingerprint density at radius 2 is 2.25 bits per heavy atom. The van der Waals surface area contributed by atoms with Crippen molar-refractivity contribution in [2.24, 2.45) is 5.92 Å². The lowest BCUT2D eigenvalue weighted by atomic mass is 10.1. The Bertz CT molecular complexity index is 656. The van der Waals surface area contributed by atoms with Crippen LogP contribution >= 0.6 is 0 Å². The molecule has 0 spiro atoms. The molecule has 106 valence electrons. The van der Waals surface area contributed by atoms with E-state index in [0.29, 0.717) is 17.4 Å². The highest BCUT2D eigenvalue weighted by Gasteiger charge is 2.30. The van der Waals surface area contributed by atoms with E-state index in [1.54, 1.807) is 12.1 Å². The van der Waals surface area contributed by atoms with Gasteiger partial charge in [-0.25, -0.2) is 9.78 Å². The van der Waals surface area contributed by atoms with E-state index in [4.69, 9.17) is 10.1 Å². The molecular formula is C16H20N2O2. The van der Waals surface area contributed by atoms with Crippen molar-refractivity contribution >= 4 is 17.0 Å². The van der Waals surface area contributed by atoms with Crippen molar-refractivity contribution in [3.63, 3.8) is 0 Å². The minimum atomic E-state index is -0.892. The zero-order valence-corrected chi connectivity index (χ0v) is 12.0. The fraction of sp³-hybridized carbons (Fsp3) is 0.500. The monoisotopic (exact) mass is 272 g/mol. The first-order valence-corrected chi connectivity index (χ1v) is 7.33. The van der Waals surface area contributed by atoms with E-state index >= 15 is 0 Å². The highest BCUT2D eigenvalue weighted by atomic mass is 16.4. The van der Waals surface area contributed by atoms with Crippen LogP contribution in [0.15, 0.2) is 18.2 Å². The first-order valence-electron chi connectivity index (χ1n) is 7.33. The van der Waals surface area contributed by atoms with Gasteiger partial charge in [0.15, 0.2) is 0 Å². The molecule has 4 nitrogen and oxygen atoms in total. The summed E-state index contributed by atoms with van der Waals surface area (Å²) in [5, 5.41) is 9.09. The van der Waals surface area contributed by atoms with Gasteiger partial charge in [0.25, 0.3) is 0 Å². The third-order valence-electron chi connectivity index (χ3n) is 4.16. The number of hydrogen-bond donors (Lipinski definition) is 1. The number of rotatable bonds is 5. The summed E-state index contributed by atoms with van der Waals surface area (Å²) in [6.07, 6.45) is 3.54. The second kappa shape index (κ2) is 4.93. The van der Waals surface area contributed by atoms with Crippen molar-refractivity contribution in [2.75, 3.05) is 0 Å². The van der Waals surface area contributed by atoms with E-state index in [1.807, 2.05) is 6.07 Å². The van der Waals surface area contributed by atoms with E-state index in [2.05, 4.69) is 18.4 Å². The Hall–Kier alpha value is -1.84. The Labute approximate surface area is 118 Å². The van der Waals surface area contributed by atoms with Crippen molar-refractivity contribution < 1.29 is 9.90 Å². The van der Waals surface area contributed by atoms with Crippen molar-refractivity contribution in [3.05, 3.63) is 29.6 Å². The Morgan fingerprint density at radius 1 is 1.50 bits per heavy atom. The van der Waals surface area contributed by atoms with Gasteiger partial charge in [-0.2, -0.15) is 0 Å². The molecular weight excluding hydrogens is 252 g/mol. The Morgan fingerprint density at radius 3 is 2.85 bits per heavy atom. The third kappa shape index (κ3) is 2.30. The molecule has 1 aliphatic carbocycles. The van der Waals surface area contributed by atoms with Gasteiger partial charge >= 0.3 is 5.97 Å². The average Bonchev–Trinajstić information content (AvgIpc) is 3.22. The normalized spacial score (nSPS) is 16.5. The quantitative estimate of drug-likeness (QED) is 0.903. The summed E-state index contributed by atoms with van der Waals surface area (Å²) in [6.45, 7) is 5.41. The lowest BCUT2D eigenvalue weighted by Crippen LogP contribution is -2.09. The third-order valence-corrected chi connectivity index (χ3v) is 4.16. The number of benzene rings is 1. The molecule has 1 aromatic heterocycles. The number of imidazole rings is 1. The molecule has 1 heterocycles. The fourth-order valence-corrected chi connectivity index (χ4v) is 2.57. The van der Waals surface area contributed by atoms with Crippen LogP contribution < -0.4 is 0 Å². The summed E-state index contributed by atoms with van der Waals surface area (Å²) in [6, 6.07) is 5.27. The van der Waals surface area contributed by atoms with Gasteiger partial charge in [0.2, 0.25) is 0 Å². The predicted octanol–water partition coefficient (Wildman–Crippen LogP) is 3.66. The van der Waals surface area contributed by atoms with E-state index < -0.39 is 5.97 Å². The van der Waals surface area contributed by atoms with Gasteiger partial charge in [0.1, 0.15) is 5.82 Å². The van der Waals surface area contributed by atoms with Crippen molar-refractivity contribution in [1.29, 1.82) is 0 Å². The molecule has 1 aliphatic rings. The number of nitrogens with zero attached hydrogens (tertiary/aromatic N) is 2. The Kier molecular flexibility index (Phi) is 3.24. The number of carbonyl (C=O) groups is 1. The van der Waals surface area contributed by atoms with Crippen LogP contribution in [0.4, 0.5) is 0 Å². The summed E-state index contributed by atoms with van der Waals surface area (Å²) in [4.78, 5) is 15.8. The first-order chi connectivity index (χ1) is 9.60. The van der Waals surface area contributed by atoms with E-state index in [9.17, 15) is 4.79 Å². The van der Waals surface area contributed by atoms with E-state index in [-0.39, 0.29) is 0 Å². The van der Waals surface area contributed by atoms with Crippen LogP contribution in [-0.2, 0) is 6.54 Å². The largest absolute Gasteiger partial charge is 0.478 e. The number of carboxylic acid groups (broad SMARTS) is 1. The van der Waals surface area contributed by atoms with Gasteiger partial charge < -0.3 is 9.67 Å². The molecule has 0 bridgehead atoms. The topological polar surface area (TPSA) is 55.1 Å². The number of fused-ring (bicyclic) bond motifs is 1. The summed E-state index contributed by atoms with van der Waals surface area (Å²) in [5.41, 5.74) is 2.19. The second-order valence-corrected chi connectivity index (χ2v) is 5.88. The van der Waals surface area contributed by atoms with Crippen LogP contribution in [0.1, 0.15) is 55.2 Å². The lowest BCUT2D eigenvalue weighted by molar-refractivity contribution is 0.0697. The van der Waals surface area contributed by atoms with Crippen LogP contribution in [0.25, 0.3) is 11.0 Å². The molecule has 4 heteroatoms. The van der Waals surface area contributed by atoms with E-state index in [0.717, 1.165) is 29.8 Å². The molecule has 0 amide bonds. The van der Waals surface area contributed by atoms with Crippen molar-refractivity contribution in [2.45, 2.75) is 45.6 Å². The molecule has 1 saturated carbocycles. The van der Waals surface area contributed by atoms with Crippen molar-refractivity contribution in [1.82, 2.24) is 9.55 Å². The second-order valence-electron chi connectivity index (χ2n) is 5.88. The zero-order chi connectivity index (χ0) is 14.3. The fourth-order valence-electron chi connectivity index (χ4n) is 2.57. The lowest BCUT2D eigenvalue weighted by Gasteiger charge is -2.13. The average molecular weight is 272 g/mol. The van der Waals surface area contributed by atoms with Crippen LogP contribution in [0.5, 0.6) is 0 Å². The maximum absolute atomic E-state index is 11.1. The highest BCUT2D eigenvalue weighted by Crippen LogP contribution is 2.41. The molecule has 0 saturated heterocycles. The molecule has 1 atom stereocenters. The van der Waals surface area contributed by atoms with Crippen molar-refractivity contribution in [3.8, 4) is 0 Å². The van der Waals surface area contributed by atoms with Gasteiger partial charge in [-0.05, 0) is 37.0 Å². The number of carboxylic acids is 1. The summed E-state index contributed by atoms with van der Waals surface area (Å²) >= 11 is 0. The molecule has 1 aromatic carbocycles. The minimum absolute atomic E-state index is 0.313. The summed E-state index contributed by atoms with van der Waals surface area (Å²) < 4.78 is 2.30. The number of hydrogen-bond acceptors (Lipinski definition) is 2. The van der Waals surface area contributed by atoms with Crippen LogP contribution in [0, 0.1) is 5.92 Å². The van der Waals surface area contributed by atoms with Gasteiger partial charge in [-0.3, -0.25) is 0 Å². The number of aromatic nitrogens is 2. The molecule has 1 unspecified atom stereocenters.